The van der Waals surface area contributed by atoms with Gasteiger partial charge in [-0.1, -0.05) is 18.2 Å². The van der Waals surface area contributed by atoms with Crippen LogP contribution in [0.25, 0.3) is 0 Å². The van der Waals surface area contributed by atoms with E-state index in [9.17, 15) is 18.0 Å². The SMILES string of the molecule is COC(=O)c1ccccc1C(C(=O)Nc1nc(OC)cc(OC)n1)S(N)(=O)=O. The van der Waals surface area contributed by atoms with E-state index in [0.29, 0.717) is 0 Å². The lowest BCUT2D eigenvalue weighted by molar-refractivity contribution is -0.116. The molecule has 2 rings (SSSR count). The zero-order valence-corrected chi connectivity index (χ0v) is 16.0. The van der Waals surface area contributed by atoms with E-state index < -0.39 is 27.1 Å². The largest absolute Gasteiger partial charge is 0.481 e. The molecular weight excluding hydrogens is 392 g/mol. The number of methoxy groups -OCH3 is 3. The molecule has 11 nitrogen and oxygen atoms in total. The second-order valence-corrected chi connectivity index (χ2v) is 6.96. The summed E-state index contributed by atoms with van der Waals surface area (Å²) >= 11 is 0. The number of nitrogens with zero attached hydrogens (tertiary/aromatic N) is 2. The van der Waals surface area contributed by atoms with Crippen LogP contribution in [-0.2, 0) is 19.6 Å². The van der Waals surface area contributed by atoms with E-state index in [-0.39, 0.29) is 28.8 Å². The first kappa shape index (κ1) is 21.1. The molecule has 0 aliphatic heterocycles. The minimum atomic E-state index is -4.47. The summed E-state index contributed by atoms with van der Waals surface area (Å²) in [7, 11) is -0.663. The molecule has 1 aromatic heterocycles. The van der Waals surface area contributed by atoms with Crippen molar-refractivity contribution in [2.24, 2.45) is 5.14 Å². The maximum Gasteiger partial charge on any atom is 0.338 e. The fourth-order valence-corrected chi connectivity index (χ4v) is 3.25. The van der Waals surface area contributed by atoms with Gasteiger partial charge in [0.05, 0.1) is 33.0 Å². The second kappa shape index (κ2) is 8.63. The van der Waals surface area contributed by atoms with Gasteiger partial charge in [0.2, 0.25) is 27.7 Å². The van der Waals surface area contributed by atoms with Crippen LogP contribution in [0.5, 0.6) is 11.8 Å². The van der Waals surface area contributed by atoms with Crippen LogP contribution in [0, 0.1) is 0 Å². The summed E-state index contributed by atoms with van der Waals surface area (Å²) in [4.78, 5) is 32.5. The summed E-state index contributed by atoms with van der Waals surface area (Å²) in [5, 5.41) is 5.59. The Kier molecular flexibility index (Phi) is 6.49. The molecule has 3 N–H and O–H groups in total. The summed E-state index contributed by atoms with van der Waals surface area (Å²) < 4.78 is 38.9. The molecule has 1 heterocycles. The number of nitrogens with two attached hydrogens (primary N) is 1. The number of hydrogen-bond acceptors (Lipinski definition) is 9. The molecule has 0 aliphatic rings. The Morgan fingerprint density at radius 1 is 1.07 bits per heavy atom. The number of carbonyl (C=O) groups is 2. The molecule has 12 heteroatoms. The van der Waals surface area contributed by atoms with E-state index in [0.717, 1.165) is 7.11 Å². The highest BCUT2D eigenvalue weighted by molar-refractivity contribution is 7.90. The molecule has 0 fully saturated rings. The Labute approximate surface area is 160 Å². The lowest BCUT2D eigenvalue weighted by Crippen LogP contribution is -2.34. The van der Waals surface area contributed by atoms with Crippen LogP contribution in [0.4, 0.5) is 5.95 Å². The minimum Gasteiger partial charge on any atom is -0.481 e. The third-order valence-corrected chi connectivity index (χ3v) is 4.67. The van der Waals surface area contributed by atoms with Crippen LogP contribution in [-0.4, -0.2) is 51.6 Å². The highest BCUT2D eigenvalue weighted by Crippen LogP contribution is 2.27. The van der Waals surface area contributed by atoms with Gasteiger partial charge in [-0.05, 0) is 11.6 Å². The van der Waals surface area contributed by atoms with Gasteiger partial charge in [-0.15, -0.1) is 0 Å². The number of benzene rings is 1. The number of amides is 1. The first-order valence-corrected chi connectivity index (χ1v) is 9.29. The summed E-state index contributed by atoms with van der Waals surface area (Å²) in [6.45, 7) is 0. The Bertz CT molecular complexity index is 972. The molecule has 1 amide bonds. The Morgan fingerprint density at radius 3 is 2.14 bits per heavy atom. The van der Waals surface area contributed by atoms with E-state index in [1.165, 1.54) is 44.6 Å². The number of rotatable bonds is 7. The van der Waals surface area contributed by atoms with Crippen LogP contribution in [0.2, 0.25) is 0 Å². The number of esters is 1. The number of anilines is 1. The van der Waals surface area contributed by atoms with E-state index in [2.05, 4.69) is 20.0 Å². The molecule has 1 atom stereocenters. The number of nitrogens with one attached hydrogen (secondary N) is 1. The van der Waals surface area contributed by atoms with Crippen molar-refractivity contribution >= 4 is 27.8 Å². The van der Waals surface area contributed by atoms with Gasteiger partial charge < -0.3 is 14.2 Å². The van der Waals surface area contributed by atoms with Crippen molar-refractivity contribution < 1.29 is 32.2 Å². The number of aromatic nitrogens is 2. The Hall–Kier alpha value is -3.25. The number of ether oxygens (including phenoxy) is 3. The van der Waals surface area contributed by atoms with Crippen LogP contribution >= 0.6 is 0 Å². The van der Waals surface area contributed by atoms with Gasteiger partial charge in [0.1, 0.15) is 0 Å². The fraction of sp³-hybridized carbons (Fsp3) is 0.250. The van der Waals surface area contributed by atoms with E-state index in [1.54, 1.807) is 0 Å². The van der Waals surface area contributed by atoms with Gasteiger partial charge in [0.15, 0.2) is 5.25 Å². The predicted molar refractivity (Wildman–Crippen MR) is 97.4 cm³/mol. The minimum absolute atomic E-state index is 0.0734. The normalized spacial score (nSPS) is 12.0. The zero-order chi connectivity index (χ0) is 20.9. The molecule has 2 aromatic rings. The average molecular weight is 410 g/mol. The lowest BCUT2D eigenvalue weighted by Gasteiger charge is -2.17. The maximum absolute atomic E-state index is 12.7. The van der Waals surface area contributed by atoms with Crippen molar-refractivity contribution in [3.05, 3.63) is 41.5 Å². The number of sulfonamides is 1. The Morgan fingerprint density at radius 2 is 1.64 bits per heavy atom. The van der Waals surface area contributed by atoms with Crippen molar-refractivity contribution in [2.75, 3.05) is 26.6 Å². The predicted octanol–water partition coefficient (Wildman–Crippen LogP) is 0.249. The monoisotopic (exact) mass is 410 g/mol. The van der Waals surface area contributed by atoms with Crippen molar-refractivity contribution in [3.63, 3.8) is 0 Å². The van der Waals surface area contributed by atoms with Crippen molar-refractivity contribution in [1.82, 2.24) is 9.97 Å². The quantitative estimate of drug-likeness (QED) is 0.610. The summed E-state index contributed by atoms with van der Waals surface area (Å²) in [5.41, 5.74) is -0.271. The molecular formula is C16H18N4O7S. The topological polar surface area (TPSA) is 160 Å². The molecule has 1 aromatic carbocycles. The molecule has 0 saturated carbocycles. The van der Waals surface area contributed by atoms with Crippen LogP contribution < -0.4 is 19.9 Å². The van der Waals surface area contributed by atoms with Gasteiger partial charge >= 0.3 is 5.97 Å². The zero-order valence-electron chi connectivity index (χ0n) is 15.2. The molecule has 0 radical (unpaired) electrons. The van der Waals surface area contributed by atoms with E-state index >= 15 is 0 Å². The standard InChI is InChI=1S/C16H18N4O7S/c1-25-11-8-12(26-2)19-16(18-11)20-14(21)13(28(17,23)24)9-6-4-5-7-10(9)15(22)27-3/h4-8,13H,1-3H3,(H2,17,23,24)(H,18,19,20,21). The molecule has 1 unspecified atom stereocenters. The van der Waals surface area contributed by atoms with Gasteiger partial charge in [-0.3, -0.25) is 10.1 Å². The van der Waals surface area contributed by atoms with Crippen molar-refractivity contribution in [2.45, 2.75) is 5.25 Å². The smallest absolute Gasteiger partial charge is 0.338 e. The van der Waals surface area contributed by atoms with Crippen molar-refractivity contribution in [1.29, 1.82) is 0 Å². The summed E-state index contributed by atoms with van der Waals surface area (Å²) in [5.74, 6) is -2.02. The molecule has 150 valence electrons. The summed E-state index contributed by atoms with van der Waals surface area (Å²) in [6.07, 6.45) is 0. The van der Waals surface area contributed by atoms with Gasteiger partial charge in [-0.25, -0.2) is 18.4 Å². The highest BCUT2D eigenvalue weighted by atomic mass is 32.2. The number of primary sulfonamides is 1. The van der Waals surface area contributed by atoms with E-state index in [1.807, 2.05) is 0 Å². The lowest BCUT2D eigenvalue weighted by atomic mass is 10.0. The van der Waals surface area contributed by atoms with Crippen LogP contribution in [0.3, 0.4) is 0 Å². The highest BCUT2D eigenvalue weighted by Gasteiger charge is 2.35. The van der Waals surface area contributed by atoms with Gasteiger partial charge in [0, 0.05) is 0 Å². The number of carbonyl (C=O) groups excluding carboxylic acids is 2. The third kappa shape index (κ3) is 4.72. The maximum atomic E-state index is 12.7. The third-order valence-electron chi connectivity index (χ3n) is 3.55. The average Bonchev–Trinajstić information content (AvgIpc) is 2.66. The van der Waals surface area contributed by atoms with Gasteiger partial charge in [-0.2, -0.15) is 9.97 Å². The van der Waals surface area contributed by atoms with Crippen LogP contribution in [0.15, 0.2) is 30.3 Å². The first-order valence-electron chi connectivity index (χ1n) is 7.68. The fourth-order valence-electron chi connectivity index (χ4n) is 2.33. The molecule has 0 saturated heterocycles. The molecule has 0 bridgehead atoms. The van der Waals surface area contributed by atoms with Crippen LogP contribution in [0.1, 0.15) is 21.2 Å². The van der Waals surface area contributed by atoms with Crippen molar-refractivity contribution in [3.8, 4) is 11.8 Å². The Balaban J connectivity index is 2.49. The van der Waals surface area contributed by atoms with E-state index in [4.69, 9.17) is 14.6 Å². The summed E-state index contributed by atoms with van der Waals surface area (Å²) in [6, 6.07) is 6.91. The van der Waals surface area contributed by atoms with Gasteiger partial charge in [0.25, 0.3) is 5.91 Å². The molecule has 0 aliphatic carbocycles. The molecule has 28 heavy (non-hydrogen) atoms. The second-order valence-electron chi connectivity index (χ2n) is 5.31. The molecule has 0 spiro atoms. The first-order chi connectivity index (χ1) is 13.2. The number of hydrogen-bond donors (Lipinski definition) is 2.